The van der Waals surface area contributed by atoms with Crippen LogP contribution in [0.5, 0.6) is 0 Å². The number of anilines is 2. The molecule has 0 unspecified atom stereocenters. The first-order valence-corrected chi connectivity index (χ1v) is 5.94. The van der Waals surface area contributed by atoms with Crippen molar-refractivity contribution in [3.8, 4) is 0 Å². The minimum Gasteiger partial charge on any atom is -0.369 e. The highest BCUT2D eigenvalue weighted by molar-refractivity contribution is 5.46. The van der Waals surface area contributed by atoms with E-state index in [9.17, 15) is 0 Å². The summed E-state index contributed by atoms with van der Waals surface area (Å²) in [5.74, 6) is 2.25. The molecule has 0 aromatic carbocycles. The number of rotatable bonds is 6. The number of nitrogens with one attached hydrogen (secondary N) is 2. The molecule has 0 fully saturated rings. The van der Waals surface area contributed by atoms with Gasteiger partial charge in [0.15, 0.2) is 0 Å². The molecule has 4 nitrogen and oxygen atoms in total. The van der Waals surface area contributed by atoms with E-state index in [0.717, 1.165) is 30.9 Å². The third-order valence-electron chi connectivity index (χ3n) is 2.18. The summed E-state index contributed by atoms with van der Waals surface area (Å²) in [4.78, 5) is 8.69. The first kappa shape index (κ1) is 12.7. The molecule has 4 heteroatoms. The van der Waals surface area contributed by atoms with Crippen LogP contribution in [0.1, 0.15) is 32.8 Å². The fourth-order valence-electron chi connectivity index (χ4n) is 1.24. The largest absolute Gasteiger partial charge is 0.369 e. The molecule has 0 saturated carbocycles. The van der Waals surface area contributed by atoms with Crippen molar-refractivity contribution in [3.05, 3.63) is 11.8 Å². The first-order valence-electron chi connectivity index (χ1n) is 5.94. The minimum absolute atomic E-state index is 0.612. The zero-order valence-corrected chi connectivity index (χ0v) is 10.7. The normalized spacial score (nSPS) is 10.6. The van der Waals surface area contributed by atoms with Gasteiger partial charge in [-0.05, 0) is 19.3 Å². The molecule has 0 amide bonds. The standard InChI is InChI=1S/C12H22N4/c1-5-6-13-12-15-8-10(4)11(16-12)14-7-9(2)3/h8-9H,5-7H2,1-4H3,(H2,13,14,15,16). The third-order valence-corrected chi connectivity index (χ3v) is 2.18. The highest BCUT2D eigenvalue weighted by atomic mass is 15.1. The SMILES string of the molecule is CCCNc1ncc(C)c(NCC(C)C)n1. The summed E-state index contributed by atoms with van der Waals surface area (Å²) in [5.41, 5.74) is 1.09. The van der Waals surface area contributed by atoms with E-state index in [4.69, 9.17) is 0 Å². The topological polar surface area (TPSA) is 49.8 Å². The van der Waals surface area contributed by atoms with Gasteiger partial charge in [0.25, 0.3) is 0 Å². The molecule has 0 bridgehead atoms. The van der Waals surface area contributed by atoms with Crippen LogP contribution in [0, 0.1) is 12.8 Å². The highest BCUT2D eigenvalue weighted by Crippen LogP contribution is 2.12. The molecule has 0 radical (unpaired) electrons. The lowest BCUT2D eigenvalue weighted by Crippen LogP contribution is -2.12. The van der Waals surface area contributed by atoms with Crippen LogP contribution in [-0.4, -0.2) is 23.1 Å². The summed E-state index contributed by atoms with van der Waals surface area (Å²) in [6, 6.07) is 0. The maximum atomic E-state index is 4.45. The van der Waals surface area contributed by atoms with Crippen LogP contribution in [0.2, 0.25) is 0 Å². The maximum Gasteiger partial charge on any atom is 0.224 e. The van der Waals surface area contributed by atoms with Crippen LogP contribution < -0.4 is 10.6 Å². The lowest BCUT2D eigenvalue weighted by molar-refractivity contribution is 0.686. The molecule has 0 aliphatic rings. The van der Waals surface area contributed by atoms with Crippen LogP contribution in [-0.2, 0) is 0 Å². The van der Waals surface area contributed by atoms with E-state index in [2.05, 4.69) is 41.4 Å². The van der Waals surface area contributed by atoms with Gasteiger partial charge in [-0.2, -0.15) is 4.98 Å². The molecular weight excluding hydrogens is 200 g/mol. The summed E-state index contributed by atoms with van der Waals surface area (Å²) in [6.07, 6.45) is 2.93. The highest BCUT2D eigenvalue weighted by Gasteiger charge is 2.03. The average molecular weight is 222 g/mol. The second-order valence-corrected chi connectivity index (χ2v) is 4.43. The molecule has 1 aromatic heterocycles. The van der Waals surface area contributed by atoms with Gasteiger partial charge in [0.05, 0.1) is 0 Å². The molecular formula is C12H22N4. The van der Waals surface area contributed by atoms with E-state index in [-0.39, 0.29) is 0 Å². The predicted octanol–water partition coefficient (Wildman–Crippen LogP) is 2.67. The molecule has 16 heavy (non-hydrogen) atoms. The maximum absolute atomic E-state index is 4.45. The van der Waals surface area contributed by atoms with Gasteiger partial charge in [-0.15, -0.1) is 0 Å². The molecule has 0 saturated heterocycles. The van der Waals surface area contributed by atoms with Gasteiger partial charge in [-0.1, -0.05) is 20.8 Å². The number of nitrogens with zero attached hydrogens (tertiary/aromatic N) is 2. The van der Waals surface area contributed by atoms with E-state index < -0.39 is 0 Å². The van der Waals surface area contributed by atoms with E-state index in [1.54, 1.807) is 0 Å². The second kappa shape index (κ2) is 6.30. The Kier molecular flexibility index (Phi) is 5.02. The second-order valence-electron chi connectivity index (χ2n) is 4.43. The lowest BCUT2D eigenvalue weighted by atomic mass is 10.2. The van der Waals surface area contributed by atoms with Gasteiger partial charge in [0.1, 0.15) is 5.82 Å². The Balaban J connectivity index is 2.66. The number of hydrogen-bond donors (Lipinski definition) is 2. The van der Waals surface area contributed by atoms with Gasteiger partial charge >= 0.3 is 0 Å². The van der Waals surface area contributed by atoms with Crippen molar-refractivity contribution >= 4 is 11.8 Å². The van der Waals surface area contributed by atoms with E-state index in [1.165, 1.54) is 0 Å². The van der Waals surface area contributed by atoms with Crippen LogP contribution in [0.15, 0.2) is 6.20 Å². The molecule has 0 aliphatic carbocycles. The Morgan fingerprint density at radius 1 is 1.31 bits per heavy atom. The van der Waals surface area contributed by atoms with Crippen LogP contribution in [0.4, 0.5) is 11.8 Å². The summed E-state index contributed by atoms with van der Waals surface area (Å²) in [6.45, 7) is 10.3. The van der Waals surface area contributed by atoms with Crippen molar-refractivity contribution in [2.24, 2.45) is 5.92 Å². The molecule has 0 aliphatic heterocycles. The molecule has 0 spiro atoms. The molecule has 1 aromatic rings. The minimum atomic E-state index is 0.612. The molecule has 1 heterocycles. The number of aromatic nitrogens is 2. The predicted molar refractivity (Wildman–Crippen MR) is 68.9 cm³/mol. The van der Waals surface area contributed by atoms with Crippen LogP contribution >= 0.6 is 0 Å². The summed E-state index contributed by atoms with van der Waals surface area (Å²) >= 11 is 0. The molecule has 90 valence electrons. The zero-order chi connectivity index (χ0) is 12.0. The molecule has 0 atom stereocenters. The Labute approximate surface area is 97.9 Å². The lowest BCUT2D eigenvalue weighted by Gasteiger charge is -2.12. The van der Waals surface area contributed by atoms with Gasteiger partial charge in [0.2, 0.25) is 5.95 Å². The van der Waals surface area contributed by atoms with Crippen molar-refractivity contribution in [2.45, 2.75) is 34.1 Å². The first-order chi connectivity index (χ1) is 7.63. The van der Waals surface area contributed by atoms with Gasteiger partial charge in [0, 0.05) is 24.8 Å². The van der Waals surface area contributed by atoms with Gasteiger partial charge < -0.3 is 10.6 Å². The van der Waals surface area contributed by atoms with Gasteiger partial charge in [-0.25, -0.2) is 4.98 Å². The van der Waals surface area contributed by atoms with E-state index in [0.29, 0.717) is 11.9 Å². The summed E-state index contributed by atoms with van der Waals surface area (Å²) < 4.78 is 0. The Morgan fingerprint density at radius 2 is 2.06 bits per heavy atom. The van der Waals surface area contributed by atoms with E-state index >= 15 is 0 Å². The quantitative estimate of drug-likeness (QED) is 0.777. The fourth-order valence-corrected chi connectivity index (χ4v) is 1.24. The third kappa shape index (κ3) is 4.04. The van der Waals surface area contributed by atoms with E-state index in [1.807, 2.05) is 13.1 Å². The average Bonchev–Trinajstić information content (AvgIpc) is 2.26. The van der Waals surface area contributed by atoms with Crippen molar-refractivity contribution in [1.82, 2.24) is 9.97 Å². The van der Waals surface area contributed by atoms with Gasteiger partial charge in [-0.3, -0.25) is 0 Å². The van der Waals surface area contributed by atoms with Crippen molar-refractivity contribution in [3.63, 3.8) is 0 Å². The molecule has 1 rings (SSSR count). The molecule has 2 N–H and O–H groups in total. The Hall–Kier alpha value is -1.32. The monoisotopic (exact) mass is 222 g/mol. The van der Waals surface area contributed by atoms with Crippen molar-refractivity contribution < 1.29 is 0 Å². The van der Waals surface area contributed by atoms with Crippen LogP contribution in [0.3, 0.4) is 0 Å². The summed E-state index contributed by atoms with van der Waals surface area (Å²) in [7, 11) is 0. The summed E-state index contributed by atoms with van der Waals surface area (Å²) in [5, 5.41) is 6.53. The fraction of sp³-hybridized carbons (Fsp3) is 0.667. The number of aryl methyl sites for hydroxylation is 1. The number of hydrogen-bond acceptors (Lipinski definition) is 4. The van der Waals surface area contributed by atoms with Crippen molar-refractivity contribution in [1.29, 1.82) is 0 Å². The Bertz CT molecular complexity index is 323. The Morgan fingerprint density at radius 3 is 2.69 bits per heavy atom. The van der Waals surface area contributed by atoms with Crippen molar-refractivity contribution in [2.75, 3.05) is 23.7 Å². The smallest absolute Gasteiger partial charge is 0.224 e. The van der Waals surface area contributed by atoms with Crippen LogP contribution in [0.25, 0.3) is 0 Å². The zero-order valence-electron chi connectivity index (χ0n) is 10.7.